The summed E-state index contributed by atoms with van der Waals surface area (Å²) in [5.74, 6) is -0.431. The Morgan fingerprint density at radius 2 is 1.87 bits per heavy atom. The van der Waals surface area contributed by atoms with Crippen LogP contribution < -0.4 is 0 Å². The number of hydrogen-bond acceptors (Lipinski definition) is 4. The van der Waals surface area contributed by atoms with E-state index in [0.717, 1.165) is 12.1 Å². The van der Waals surface area contributed by atoms with E-state index < -0.39 is 11.4 Å². The average Bonchev–Trinajstić information content (AvgIpc) is 2.52. The Bertz CT molecular complexity index is 651. The largest absolute Gasteiger partial charge is 0.468 e. The second-order valence-electron chi connectivity index (χ2n) is 6.89. The zero-order valence-electron chi connectivity index (χ0n) is 15.1. The Kier molecular flexibility index (Phi) is 4.95. The van der Waals surface area contributed by atoms with Crippen molar-refractivity contribution in [3.05, 3.63) is 33.9 Å². The van der Waals surface area contributed by atoms with E-state index in [-0.39, 0.29) is 5.78 Å². The van der Waals surface area contributed by atoms with Gasteiger partial charge < -0.3 is 4.74 Å². The highest BCUT2D eigenvalue weighted by Gasteiger charge is 2.49. The lowest BCUT2D eigenvalue weighted by atomic mass is 9.71. The van der Waals surface area contributed by atoms with Gasteiger partial charge in [-0.05, 0) is 81.9 Å². The van der Waals surface area contributed by atoms with Crippen LogP contribution in [0.1, 0.15) is 34.2 Å². The van der Waals surface area contributed by atoms with Gasteiger partial charge in [0.1, 0.15) is 5.41 Å². The molecule has 4 nitrogen and oxygen atoms in total. The number of methoxy groups -OCH3 is 1. The van der Waals surface area contributed by atoms with E-state index in [0.29, 0.717) is 19.4 Å². The van der Waals surface area contributed by atoms with E-state index >= 15 is 0 Å². The number of likely N-dealkylation sites (tertiary alicyclic amines) is 1. The van der Waals surface area contributed by atoms with Crippen molar-refractivity contribution in [2.24, 2.45) is 5.41 Å². The van der Waals surface area contributed by atoms with Crippen LogP contribution in [-0.4, -0.2) is 43.9 Å². The Morgan fingerprint density at radius 1 is 1.22 bits per heavy atom. The summed E-state index contributed by atoms with van der Waals surface area (Å²) in [6.45, 7) is 9.39. The molecule has 1 fully saturated rings. The van der Waals surface area contributed by atoms with Gasteiger partial charge in [-0.3, -0.25) is 14.5 Å². The molecule has 0 aromatic heterocycles. The molecule has 23 heavy (non-hydrogen) atoms. The highest BCUT2D eigenvalue weighted by Crippen LogP contribution is 2.36. The minimum absolute atomic E-state index is 0.0339. The normalized spacial score (nSPS) is 22.3. The molecule has 0 spiro atoms. The van der Waals surface area contributed by atoms with E-state index in [1.54, 1.807) is 0 Å². The summed E-state index contributed by atoms with van der Waals surface area (Å²) < 4.78 is 5.02. The third-order valence-corrected chi connectivity index (χ3v) is 5.52. The second-order valence-corrected chi connectivity index (χ2v) is 6.89. The van der Waals surface area contributed by atoms with E-state index in [4.69, 9.17) is 4.74 Å². The number of Topliss-reactive ketones (excluding diaryl/α,β-unsaturated/α-hetero) is 1. The number of rotatable bonds is 3. The second kappa shape index (κ2) is 6.44. The van der Waals surface area contributed by atoms with E-state index in [9.17, 15) is 9.59 Å². The molecule has 0 bridgehead atoms. The first-order valence-corrected chi connectivity index (χ1v) is 8.09. The Morgan fingerprint density at radius 3 is 2.43 bits per heavy atom. The third-order valence-electron chi connectivity index (χ3n) is 5.52. The van der Waals surface area contributed by atoms with Crippen molar-refractivity contribution in [1.82, 2.24) is 4.90 Å². The lowest BCUT2D eigenvalue weighted by Crippen LogP contribution is -2.52. The quantitative estimate of drug-likeness (QED) is 0.635. The first kappa shape index (κ1) is 17.7. The standard InChI is InChI=1S/C19H27NO3/c1-12-9-16(15(4)14(3)13(12)2)10-19(18(22)23-6)7-8-20(5)11-17(19)21/h9H,7-8,10-11H2,1-6H3. The molecule has 0 aliphatic carbocycles. The van der Waals surface area contributed by atoms with Crippen LogP contribution in [0.15, 0.2) is 6.07 Å². The minimum Gasteiger partial charge on any atom is -0.468 e. The number of hydrogen-bond donors (Lipinski definition) is 0. The molecular weight excluding hydrogens is 290 g/mol. The van der Waals surface area contributed by atoms with Gasteiger partial charge >= 0.3 is 5.97 Å². The van der Waals surface area contributed by atoms with E-state index in [1.807, 2.05) is 11.9 Å². The monoisotopic (exact) mass is 317 g/mol. The van der Waals surface area contributed by atoms with Crippen molar-refractivity contribution >= 4 is 11.8 Å². The zero-order chi connectivity index (χ0) is 17.4. The van der Waals surface area contributed by atoms with Gasteiger partial charge in [0.2, 0.25) is 0 Å². The average molecular weight is 317 g/mol. The number of ether oxygens (including phenoxy) is 1. The van der Waals surface area contributed by atoms with Gasteiger partial charge in [-0.1, -0.05) is 6.07 Å². The summed E-state index contributed by atoms with van der Waals surface area (Å²) >= 11 is 0. The van der Waals surface area contributed by atoms with Crippen LogP contribution in [-0.2, 0) is 20.7 Å². The maximum atomic E-state index is 12.7. The Labute approximate surface area is 138 Å². The van der Waals surface area contributed by atoms with Crippen LogP contribution in [0, 0.1) is 33.1 Å². The Balaban J connectivity index is 2.48. The maximum Gasteiger partial charge on any atom is 0.319 e. The molecule has 0 N–H and O–H groups in total. The number of esters is 1. The van der Waals surface area contributed by atoms with Gasteiger partial charge in [-0.25, -0.2) is 0 Å². The molecule has 1 heterocycles. The van der Waals surface area contributed by atoms with Gasteiger partial charge in [0, 0.05) is 0 Å². The SMILES string of the molecule is COC(=O)C1(Cc2cc(C)c(C)c(C)c2C)CCN(C)CC1=O. The van der Waals surface area contributed by atoms with Crippen molar-refractivity contribution in [2.75, 3.05) is 27.2 Å². The maximum absolute atomic E-state index is 12.7. The van der Waals surface area contributed by atoms with Crippen molar-refractivity contribution in [3.8, 4) is 0 Å². The topological polar surface area (TPSA) is 46.6 Å². The number of aryl methyl sites for hydroxylation is 1. The number of carbonyl (C=O) groups excluding carboxylic acids is 2. The molecule has 4 heteroatoms. The van der Waals surface area contributed by atoms with E-state index in [1.165, 1.54) is 29.4 Å². The smallest absolute Gasteiger partial charge is 0.319 e. The van der Waals surface area contributed by atoms with Crippen LogP contribution in [0.4, 0.5) is 0 Å². The predicted octanol–water partition coefficient (Wildman–Crippen LogP) is 2.53. The van der Waals surface area contributed by atoms with Crippen LogP contribution in [0.5, 0.6) is 0 Å². The highest BCUT2D eigenvalue weighted by molar-refractivity contribution is 6.05. The molecule has 1 aliphatic rings. The summed E-state index contributed by atoms with van der Waals surface area (Å²) in [4.78, 5) is 27.2. The molecule has 1 aromatic rings. The number of likely N-dealkylation sites (N-methyl/N-ethyl adjacent to an activating group) is 1. The highest BCUT2D eigenvalue weighted by atomic mass is 16.5. The van der Waals surface area contributed by atoms with E-state index in [2.05, 4.69) is 33.8 Å². The summed E-state index contributed by atoms with van der Waals surface area (Å²) in [5.41, 5.74) is 4.91. The van der Waals surface area contributed by atoms with Gasteiger partial charge in [0.05, 0.1) is 13.7 Å². The molecular formula is C19H27NO3. The summed E-state index contributed by atoms with van der Waals surface area (Å²) in [6.07, 6.45) is 0.945. The van der Waals surface area contributed by atoms with Gasteiger partial charge in [0.15, 0.2) is 5.78 Å². The molecule has 0 amide bonds. The first-order valence-electron chi connectivity index (χ1n) is 8.09. The number of piperidine rings is 1. The Hall–Kier alpha value is -1.68. The van der Waals surface area contributed by atoms with Crippen LogP contribution in [0.3, 0.4) is 0 Å². The summed E-state index contributed by atoms with van der Waals surface area (Å²) in [6, 6.07) is 2.12. The molecule has 2 rings (SSSR count). The van der Waals surface area contributed by atoms with Crippen LogP contribution in [0.25, 0.3) is 0 Å². The lowest BCUT2D eigenvalue weighted by Gasteiger charge is -2.37. The van der Waals surface area contributed by atoms with Crippen molar-refractivity contribution < 1.29 is 14.3 Å². The molecule has 1 atom stereocenters. The fraction of sp³-hybridized carbons (Fsp3) is 0.579. The van der Waals surface area contributed by atoms with Gasteiger partial charge in [-0.2, -0.15) is 0 Å². The lowest BCUT2D eigenvalue weighted by molar-refractivity contribution is -0.161. The molecule has 1 saturated heterocycles. The molecule has 1 aromatic carbocycles. The van der Waals surface area contributed by atoms with Crippen molar-refractivity contribution in [3.63, 3.8) is 0 Å². The summed E-state index contributed by atoms with van der Waals surface area (Å²) in [5, 5.41) is 0. The van der Waals surface area contributed by atoms with Crippen molar-refractivity contribution in [2.45, 2.75) is 40.5 Å². The number of benzene rings is 1. The van der Waals surface area contributed by atoms with Crippen LogP contribution >= 0.6 is 0 Å². The molecule has 1 aliphatic heterocycles. The van der Waals surface area contributed by atoms with Gasteiger partial charge in [0.25, 0.3) is 0 Å². The predicted molar refractivity (Wildman–Crippen MR) is 90.7 cm³/mol. The summed E-state index contributed by atoms with van der Waals surface area (Å²) in [7, 11) is 3.28. The minimum atomic E-state index is -1.04. The zero-order valence-corrected chi connectivity index (χ0v) is 15.1. The molecule has 0 radical (unpaired) electrons. The van der Waals surface area contributed by atoms with Gasteiger partial charge in [-0.15, -0.1) is 0 Å². The van der Waals surface area contributed by atoms with Crippen LogP contribution in [0.2, 0.25) is 0 Å². The molecule has 0 saturated carbocycles. The fourth-order valence-corrected chi connectivity index (χ4v) is 3.47. The third kappa shape index (κ3) is 3.05. The molecule has 1 unspecified atom stereocenters. The number of ketones is 1. The molecule has 126 valence electrons. The fourth-order valence-electron chi connectivity index (χ4n) is 3.47. The number of nitrogens with zero attached hydrogens (tertiary/aromatic N) is 1. The number of carbonyl (C=O) groups is 2. The van der Waals surface area contributed by atoms with Crippen molar-refractivity contribution in [1.29, 1.82) is 0 Å². The first-order chi connectivity index (χ1) is 10.7.